The van der Waals surface area contributed by atoms with Crippen molar-refractivity contribution in [2.24, 2.45) is 11.8 Å². The summed E-state index contributed by atoms with van der Waals surface area (Å²) >= 11 is 0. The number of hydrogen-bond donors (Lipinski definition) is 1. The first-order valence-corrected chi connectivity index (χ1v) is 6.02. The van der Waals surface area contributed by atoms with Crippen LogP contribution in [-0.2, 0) is 4.79 Å². The van der Waals surface area contributed by atoms with Gasteiger partial charge in [0.15, 0.2) is 0 Å². The minimum absolute atomic E-state index is 0.0534. The SMILES string of the molecule is CC1CCCC1C(=O)Nc1ccccc1C#N. The van der Waals surface area contributed by atoms with Crippen molar-refractivity contribution in [1.82, 2.24) is 0 Å². The number of nitriles is 1. The summed E-state index contributed by atoms with van der Waals surface area (Å²) in [6.07, 6.45) is 3.21. The number of benzene rings is 1. The number of rotatable bonds is 2. The van der Waals surface area contributed by atoms with Gasteiger partial charge in [0.1, 0.15) is 6.07 Å². The maximum Gasteiger partial charge on any atom is 0.227 e. The Hall–Kier alpha value is -1.82. The Morgan fingerprint density at radius 3 is 2.82 bits per heavy atom. The molecule has 3 heteroatoms. The van der Waals surface area contributed by atoms with Crippen LogP contribution in [0.3, 0.4) is 0 Å². The molecule has 17 heavy (non-hydrogen) atoms. The molecule has 0 spiro atoms. The van der Waals surface area contributed by atoms with E-state index in [1.807, 2.05) is 6.07 Å². The average molecular weight is 228 g/mol. The predicted molar refractivity (Wildman–Crippen MR) is 66.3 cm³/mol. The summed E-state index contributed by atoms with van der Waals surface area (Å²) in [6, 6.07) is 9.20. The van der Waals surface area contributed by atoms with E-state index in [0.717, 1.165) is 19.3 Å². The van der Waals surface area contributed by atoms with Gasteiger partial charge in [-0.1, -0.05) is 25.5 Å². The molecule has 2 unspecified atom stereocenters. The van der Waals surface area contributed by atoms with Crippen molar-refractivity contribution >= 4 is 11.6 Å². The summed E-state index contributed by atoms with van der Waals surface area (Å²) in [6.45, 7) is 2.12. The maximum absolute atomic E-state index is 12.1. The van der Waals surface area contributed by atoms with Crippen molar-refractivity contribution in [3.63, 3.8) is 0 Å². The summed E-state index contributed by atoms with van der Waals surface area (Å²) in [5.74, 6) is 0.601. The highest BCUT2D eigenvalue weighted by Gasteiger charge is 2.29. The number of carbonyl (C=O) groups is 1. The van der Waals surface area contributed by atoms with Gasteiger partial charge in [-0.3, -0.25) is 4.79 Å². The van der Waals surface area contributed by atoms with E-state index in [9.17, 15) is 4.79 Å². The van der Waals surface area contributed by atoms with Gasteiger partial charge in [0.2, 0.25) is 5.91 Å². The Morgan fingerprint density at radius 1 is 1.41 bits per heavy atom. The van der Waals surface area contributed by atoms with Crippen LogP contribution >= 0.6 is 0 Å². The molecule has 1 N–H and O–H groups in total. The normalized spacial score (nSPS) is 23.1. The first-order chi connectivity index (χ1) is 8.22. The molecule has 1 aliphatic carbocycles. The third-order valence-corrected chi connectivity index (χ3v) is 3.50. The summed E-state index contributed by atoms with van der Waals surface area (Å²) in [4.78, 5) is 12.1. The number of anilines is 1. The zero-order valence-corrected chi connectivity index (χ0v) is 9.94. The summed E-state index contributed by atoms with van der Waals surface area (Å²) in [5.41, 5.74) is 1.14. The minimum Gasteiger partial charge on any atom is -0.325 e. The van der Waals surface area contributed by atoms with E-state index in [2.05, 4.69) is 18.3 Å². The molecule has 0 aromatic heterocycles. The molecule has 1 saturated carbocycles. The zero-order valence-electron chi connectivity index (χ0n) is 9.94. The highest BCUT2D eigenvalue weighted by molar-refractivity contribution is 5.94. The van der Waals surface area contributed by atoms with Crippen LogP contribution in [0.2, 0.25) is 0 Å². The summed E-state index contributed by atoms with van der Waals surface area (Å²) < 4.78 is 0. The lowest BCUT2D eigenvalue weighted by molar-refractivity contribution is -0.120. The van der Waals surface area contributed by atoms with Crippen molar-refractivity contribution in [2.75, 3.05) is 5.32 Å². The molecule has 88 valence electrons. The number of nitrogens with zero attached hydrogens (tertiary/aromatic N) is 1. The molecule has 1 aromatic rings. The molecule has 1 amide bonds. The fraction of sp³-hybridized carbons (Fsp3) is 0.429. The lowest BCUT2D eigenvalue weighted by Crippen LogP contribution is -2.24. The van der Waals surface area contributed by atoms with Crippen molar-refractivity contribution in [2.45, 2.75) is 26.2 Å². The van der Waals surface area contributed by atoms with Crippen molar-refractivity contribution < 1.29 is 4.79 Å². The van der Waals surface area contributed by atoms with Crippen molar-refractivity contribution in [3.05, 3.63) is 29.8 Å². The van der Waals surface area contributed by atoms with Gasteiger partial charge in [-0.05, 0) is 30.9 Å². The van der Waals surface area contributed by atoms with Gasteiger partial charge in [0, 0.05) is 5.92 Å². The molecule has 3 nitrogen and oxygen atoms in total. The van der Waals surface area contributed by atoms with Gasteiger partial charge in [0.05, 0.1) is 11.3 Å². The third kappa shape index (κ3) is 2.47. The van der Waals surface area contributed by atoms with Crippen LogP contribution in [0.25, 0.3) is 0 Å². The lowest BCUT2D eigenvalue weighted by Gasteiger charge is -2.15. The molecule has 2 rings (SSSR count). The quantitative estimate of drug-likeness (QED) is 0.846. The van der Waals surface area contributed by atoms with E-state index < -0.39 is 0 Å². The van der Waals surface area contributed by atoms with Crippen LogP contribution in [-0.4, -0.2) is 5.91 Å². The standard InChI is InChI=1S/C14H16N2O/c1-10-5-4-7-12(10)14(17)16-13-8-3-2-6-11(13)9-15/h2-3,6,8,10,12H,4-5,7H2,1H3,(H,16,17). The highest BCUT2D eigenvalue weighted by Crippen LogP contribution is 2.32. The van der Waals surface area contributed by atoms with E-state index in [1.165, 1.54) is 0 Å². The number of amides is 1. The van der Waals surface area contributed by atoms with Gasteiger partial charge in [-0.25, -0.2) is 0 Å². The second-order valence-electron chi connectivity index (χ2n) is 4.66. The Bertz CT molecular complexity index is 462. The molecule has 1 aliphatic rings. The van der Waals surface area contributed by atoms with Crippen molar-refractivity contribution in [1.29, 1.82) is 5.26 Å². The highest BCUT2D eigenvalue weighted by atomic mass is 16.1. The molecule has 0 saturated heterocycles. The first kappa shape index (κ1) is 11.7. The molecule has 0 heterocycles. The Kier molecular flexibility index (Phi) is 3.43. The van der Waals surface area contributed by atoms with Crippen molar-refractivity contribution in [3.8, 4) is 6.07 Å². The van der Waals surface area contributed by atoms with Crippen LogP contribution < -0.4 is 5.32 Å². The van der Waals surface area contributed by atoms with Gasteiger partial charge < -0.3 is 5.32 Å². The number of nitrogens with one attached hydrogen (secondary N) is 1. The van der Waals surface area contributed by atoms with E-state index in [0.29, 0.717) is 17.2 Å². The molecular formula is C14H16N2O. The second-order valence-corrected chi connectivity index (χ2v) is 4.66. The topological polar surface area (TPSA) is 52.9 Å². The first-order valence-electron chi connectivity index (χ1n) is 6.02. The summed E-state index contributed by atoms with van der Waals surface area (Å²) in [7, 11) is 0. The Balaban J connectivity index is 2.11. The molecule has 1 aromatic carbocycles. The lowest BCUT2D eigenvalue weighted by atomic mass is 9.97. The fourth-order valence-corrected chi connectivity index (χ4v) is 2.45. The van der Waals surface area contributed by atoms with E-state index >= 15 is 0 Å². The van der Waals surface area contributed by atoms with Crippen LogP contribution in [0.5, 0.6) is 0 Å². The van der Waals surface area contributed by atoms with Crippen LogP contribution in [0, 0.1) is 23.2 Å². The van der Waals surface area contributed by atoms with Crippen LogP contribution in [0.1, 0.15) is 31.7 Å². The Morgan fingerprint density at radius 2 is 2.18 bits per heavy atom. The predicted octanol–water partition coefficient (Wildman–Crippen LogP) is 2.93. The van der Waals surface area contributed by atoms with Gasteiger partial charge in [0.25, 0.3) is 0 Å². The number of para-hydroxylation sites is 1. The smallest absolute Gasteiger partial charge is 0.227 e. The van der Waals surface area contributed by atoms with Crippen LogP contribution in [0.15, 0.2) is 24.3 Å². The van der Waals surface area contributed by atoms with Gasteiger partial charge >= 0.3 is 0 Å². The molecule has 0 aliphatic heterocycles. The average Bonchev–Trinajstić information content (AvgIpc) is 2.76. The minimum atomic E-state index is 0.0534. The number of hydrogen-bond acceptors (Lipinski definition) is 2. The van der Waals surface area contributed by atoms with E-state index in [1.54, 1.807) is 18.2 Å². The molecule has 1 fully saturated rings. The summed E-state index contributed by atoms with van der Waals surface area (Å²) in [5, 5.41) is 11.8. The van der Waals surface area contributed by atoms with E-state index in [4.69, 9.17) is 5.26 Å². The maximum atomic E-state index is 12.1. The zero-order chi connectivity index (χ0) is 12.3. The van der Waals surface area contributed by atoms with E-state index in [-0.39, 0.29) is 11.8 Å². The molecule has 2 atom stereocenters. The third-order valence-electron chi connectivity index (χ3n) is 3.50. The largest absolute Gasteiger partial charge is 0.325 e. The number of carbonyl (C=O) groups excluding carboxylic acids is 1. The molecule has 0 radical (unpaired) electrons. The van der Waals surface area contributed by atoms with Gasteiger partial charge in [-0.15, -0.1) is 0 Å². The fourth-order valence-electron chi connectivity index (χ4n) is 2.45. The molecular weight excluding hydrogens is 212 g/mol. The van der Waals surface area contributed by atoms with Gasteiger partial charge in [-0.2, -0.15) is 5.26 Å². The molecule has 0 bridgehead atoms. The second kappa shape index (κ2) is 5.01. The van der Waals surface area contributed by atoms with Crippen LogP contribution in [0.4, 0.5) is 5.69 Å². The Labute approximate surface area is 101 Å². The monoisotopic (exact) mass is 228 g/mol.